The van der Waals surface area contributed by atoms with E-state index in [0.717, 1.165) is 25.6 Å². The lowest BCUT2D eigenvalue weighted by molar-refractivity contribution is 0.551. The lowest BCUT2D eigenvalue weighted by atomic mass is 10.2. The lowest BCUT2D eigenvalue weighted by Gasteiger charge is -2.13. The van der Waals surface area contributed by atoms with Gasteiger partial charge >= 0.3 is 0 Å². The van der Waals surface area contributed by atoms with Gasteiger partial charge in [-0.15, -0.1) is 0 Å². The van der Waals surface area contributed by atoms with Gasteiger partial charge in [-0.05, 0) is 53.5 Å². The Morgan fingerprint density at radius 3 is 2.57 bits per heavy atom. The van der Waals surface area contributed by atoms with Gasteiger partial charge in [-0.25, -0.2) is 21.6 Å². The fourth-order valence-electron chi connectivity index (χ4n) is 2.15. The molecule has 1 unspecified atom stereocenters. The molecule has 1 fully saturated rings. The van der Waals surface area contributed by atoms with E-state index in [-0.39, 0.29) is 20.3 Å². The maximum absolute atomic E-state index is 12.3. The molecule has 0 spiro atoms. The fourth-order valence-corrected chi connectivity index (χ4v) is 5.10. The highest BCUT2D eigenvalue weighted by molar-refractivity contribution is 9.10. The minimum atomic E-state index is -3.67. The number of halogens is 1. The first kappa shape index (κ1) is 16.9. The van der Waals surface area contributed by atoms with Crippen molar-refractivity contribution in [2.75, 3.05) is 19.3 Å². The number of rotatable bonds is 5. The number of sulfonamides is 1. The molecule has 9 heteroatoms. The van der Waals surface area contributed by atoms with Crippen molar-refractivity contribution >= 4 is 35.8 Å². The highest BCUT2D eigenvalue weighted by atomic mass is 79.9. The molecule has 2 rings (SSSR count). The molecule has 2 N–H and O–H groups in total. The van der Waals surface area contributed by atoms with E-state index >= 15 is 0 Å². The Bertz CT molecular complexity index is 726. The van der Waals surface area contributed by atoms with Crippen LogP contribution in [0, 0.1) is 0 Å². The van der Waals surface area contributed by atoms with Crippen LogP contribution in [0.5, 0.6) is 0 Å². The Hall–Kier alpha value is -0.480. The molecule has 1 aromatic carbocycles. The van der Waals surface area contributed by atoms with E-state index in [1.807, 2.05) is 0 Å². The van der Waals surface area contributed by atoms with Gasteiger partial charge in [-0.3, -0.25) is 0 Å². The van der Waals surface area contributed by atoms with Crippen molar-refractivity contribution in [3.05, 3.63) is 22.7 Å². The Balaban J connectivity index is 2.19. The molecular weight excluding hydrogens is 380 g/mol. The average Bonchev–Trinajstić information content (AvgIpc) is 2.88. The average molecular weight is 397 g/mol. The summed E-state index contributed by atoms with van der Waals surface area (Å²) in [5.41, 5.74) is 0. The maximum Gasteiger partial charge on any atom is 0.241 e. The summed E-state index contributed by atoms with van der Waals surface area (Å²) >= 11 is 3.13. The quantitative estimate of drug-likeness (QED) is 0.770. The summed E-state index contributed by atoms with van der Waals surface area (Å²) in [7, 11) is -7.04. The first-order chi connectivity index (χ1) is 9.70. The van der Waals surface area contributed by atoms with E-state index in [9.17, 15) is 16.8 Å². The molecule has 0 saturated carbocycles. The molecule has 0 aliphatic carbocycles. The van der Waals surface area contributed by atoms with Crippen molar-refractivity contribution in [2.45, 2.75) is 28.7 Å². The highest BCUT2D eigenvalue weighted by Crippen LogP contribution is 2.25. The van der Waals surface area contributed by atoms with E-state index in [0.29, 0.717) is 6.54 Å². The predicted molar refractivity (Wildman–Crippen MR) is 83.5 cm³/mol. The number of benzene rings is 1. The zero-order valence-electron chi connectivity index (χ0n) is 11.5. The van der Waals surface area contributed by atoms with Gasteiger partial charge in [0.2, 0.25) is 10.0 Å². The predicted octanol–water partition coefficient (Wildman–Crippen LogP) is 0.883. The van der Waals surface area contributed by atoms with E-state index < -0.39 is 19.9 Å². The van der Waals surface area contributed by atoms with Crippen LogP contribution >= 0.6 is 15.9 Å². The highest BCUT2D eigenvalue weighted by Gasteiger charge is 2.22. The summed E-state index contributed by atoms with van der Waals surface area (Å²) in [6, 6.07) is 4.04. The van der Waals surface area contributed by atoms with Gasteiger partial charge in [0.1, 0.15) is 0 Å². The molecule has 0 bridgehead atoms. The minimum Gasteiger partial charge on any atom is -0.313 e. The molecule has 118 valence electrons. The topological polar surface area (TPSA) is 92.3 Å². The molecule has 0 radical (unpaired) electrons. The monoisotopic (exact) mass is 396 g/mol. The molecule has 1 heterocycles. The van der Waals surface area contributed by atoms with Crippen LogP contribution in [0.15, 0.2) is 32.5 Å². The van der Waals surface area contributed by atoms with Crippen LogP contribution in [0.3, 0.4) is 0 Å². The maximum atomic E-state index is 12.3. The summed E-state index contributed by atoms with van der Waals surface area (Å²) in [6.07, 6.45) is 3.06. The van der Waals surface area contributed by atoms with Crippen molar-refractivity contribution in [3.63, 3.8) is 0 Å². The molecular formula is C12H17BrN2O4S2. The molecule has 0 amide bonds. The third-order valence-electron chi connectivity index (χ3n) is 3.30. The summed E-state index contributed by atoms with van der Waals surface area (Å²) in [4.78, 5) is 0.110. The van der Waals surface area contributed by atoms with Gasteiger partial charge in [0.25, 0.3) is 0 Å². The van der Waals surface area contributed by atoms with Gasteiger partial charge in [0.05, 0.1) is 9.79 Å². The molecule has 1 aliphatic rings. The van der Waals surface area contributed by atoms with Crippen LogP contribution in [-0.4, -0.2) is 42.2 Å². The van der Waals surface area contributed by atoms with Crippen molar-refractivity contribution in [2.24, 2.45) is 0 Å². The normalized spacial score (nSPS) is 19.8. The number of hydrogen-bond acceptors (Lipinski definition) is 5. The van der Waals surface area contributed by atoms with Gasteiger partial charge in [-0.2, -0.15) is 0 Å². The Morgan fingerprint density at radius 2 is 2.05 bits per heavy atom. The third kappa shape index (κ3) is 4.26. The van der Waals surface area contributed by atoms with Crippen molar-refractivity contribution in [1.82, 2.24) is 10.0 Å². The van der Waals surface area contributed by atoms with E-state index in [1.165, 1.54) is 18.2 Å². The summed E-state index contributed by atoms with van der Waals surface area (Å²) in [6.45, 7) is 1.22. The fraction of sp³-hybridized carbons (Fsp3) is 0.500. The van der Waals surface area contributed by atoms with Crippen LogP contribution < -0.4 is 10.0 Å². The largest absolute Gasteiger partial charge is 0.313 e. The van der Waals surface area contributed by atoms with E-state index in [2.05, 4.69) is 26.0 Å². The van der Waals surface area contributed by atoms with Crippen molar-refractivity contribution < 1.29 is 16.8 Å². The molecule has 6 nitrogen and oxygen atoms in total. The van der Waals surface area contributed by atoms with Crippen LogP contribution in [-0.2, 0) is 19.9 Å². The second kappa shape index (κ2) is 6.33. The number of sulfone groups is 1. The number of nitrogens with one attached hydrogen (secondary N) is 2. The second-order valence-corrected chi connectivity index (χ2v) is 9.62. The van der Waals surface area contributed by atoms with E-state index in [4.69, 9.17) is 0 Å². The number of hydrogen-bond donors (Lipinski definition) is 2. The van der Waals surface area contributed by atoms with Gasteiger partial charge in [0, 0.05) is 23.3 Å². The van der Waals surface area contributed by atoms with E-state index in [1.54, 1.807) is 0 Å². The summed E-state index contributed by atoms with van der Waals surface area (Å²) in [5, 5.41) is 3.21. The Labute approximate surface area is 133 Å². The van der Waals surface area contributed by atoms with Gasteiger partial charge in [-0.1, -0.05) is 0 Å². The first-order valence-electron chi connectivity index (χ1n) is 6.43. The van der Waals surface area contributed by atoms with Crippen molar-refractivity contribution in [3.8, 4) is 0 Å². The smallest absolute Gasteiger partial charge is 0.241 e. The molecule has 1 atom stereocenters. The minimum absolute atomic E-state index is 0.0351. The SMILES string of the molecule is CS(=O)(=O)c1ccc(S(=O)(=O)NCC2CCCN2)c(Br)c1. The standard InChI is InChI=1S/C12H17BrN2O4S2/c1-20(16,17)10-4-5-12(11(13)7-10)21(18,19)15-8-9-3-2-6-14-9/h4-5,7,9,14-15H,2-3,6,8H2,1H3. The zero-order valence-corrected chi connectivity index (χ0v) is 14.7. The van der Waals surface area contributed by atoms with Crippen LogP contribution in [0.4, 0.5) is 0 Å². The molecule has 21 heavy (non-hydrogen) atoms. The van der Waals surface area contributed by atoms with Gasteiger partial charge < -0.3 is 5.32 Å². The first-order valence-corrected chi connectivity index (χ1v) is 10.6. The molecule has 1 aliphatic heterocycles. The summed E-state index contributed by atoms with van der Waals surface area (Å²) < 4.78 is 50.2. The Kier molecular flexibility index (Phi) is 5.09. The second-order valence-electron chi connectivity index (χ2n) is 5.01. The zero-order chi connectivity index (χ0) is 15.7. The Morgan fingerprint density at radius 1 is 1.33 bits per heavy atom. The van der Waals surface area contributed by atoms with Crippen molar-refractivity contribution in [1.29, 1.82) is 0 Å². The van der Waals surface area contributed by atoms with Crippen LogP contribution in [0.2, 0.25) is 0 Å². The molecule has 1 saturated heterocycles. The van der Waals surface area contributed by atoms with Gasteiger partial charge in [0.15, 0.2) is 9.84 Å². The molecule has 0 aromatic heterocycles. The third-order valence-corrected chi connectivity index (χ3v) is 6.81. The summed E-state index contributed by atoms with van der Waals surface area (Å²) in [5.74, 6) is 0. The molecule has 1 aromatic rings. The van der Waals surface area contributed by atoms with Crippen LogP contribution in [0.1, 0.15) is 12.8 Å². The van der Waals surface area contributed by atoms with Crippen LogP contribution in [0.25, 0.3) is 0 Å². The lowest BCUT2D eigenvalue weighted by Crippen LogP contribution is -2.37.